The molecule has 2 aromatic carbocycles. The highest BCUT2D eigenvalue weighted by Gasteiger charge is 2.18. The number of ketones is 1. The molecule has 3 aromatic rings. The van der Waals surface area contributed by atoms with Crippen LogP contribution in [-0.2, 0) is 22.6 Å². The molecule has 0 spiro atoms. The summed E-state index contributed by atoms with van der Waals surface area (Å²) in [5.41, 5.74) is 3.53. The van der Waals surface area contributed by atoms with Gasteiger partial charge in [0.2, 0.25) is 5.91 Å². The van der Waals surface area contributed by atoms with E-state index < -0.39 is 0 Å². The van der Waals surface area contributed by atoms with Gasteiger partial charge in [-0.3, -0.25) is 14.4 Å². The average molecular weight is 445 g/mol. The van der Waals surface area contributed by atoms with Crippen LogP contribution < -0.4 is 10.9 Å². The predicted molar refractivity (Wildman–Crippen MR) is 133 cm³/mol. The SMILES string of the molecule is CC[C@@H](C)C(=O)Nc1cc(-c2ccccc2)c(C)n(CC(=O)CCCc2ccccc2)c1=O. The highest BCUT2D eigenvalue weighted by molar-refractivity contribution is 5.93. The number of rotatable bonds is 10. The summed E-state index contributed by atoms with van der Waals surface area (Å²) >= 11 is 0. The van der Waals surface area contributed by atoms with Gasteiger partial charge in [0, 0.05) is 23.6 Å². The van der Waals surface area contributed by atoms with Gasteiger partial charge in [-0.05, 0) is 43.4 Å². The van der Waals surface area contributed by atoms with Crippen LogP contribution in [0.1, 0.15) is 44.4 Å². The molecule has 33 heavy (non-hydrogen) atoms. The third-order valence-corrected chi connectivity index (χ3v) is 6.06. The quantitative estimate of drug-likeness (QED) is 0.455. The number of carbonyl (C=O) groups excluding carboxylic acids is 2. The highest BCUT2D eigenvalue weighted by Crippen LogP contribution is 2.25. The summed E-state index contributed by atoms with van der Waals surface area (Å²) in [5.74, 6) is -0.405. The van der Waals surface area contributed by atoms with Crippen molar-refractivity contribution in [2.75, 3.05) is 5.32 Å². The highest BCUT2D eigenvalue weighted by atomic mass is 16.2. The lowest BCUT2D eigenvalue weighted by Crippen LogP contribution is -2.31. The number of hydrogen-bond donors (Lipinski definition) is 1. The Morgan fingerprint density at radius 1 is 1.00 bits per heavy atom. The summed E-state index contributed by atoms with van der Waals surface area (Å²) < 4.78 is 1.50. The Bertz CT molecular complexity index is 1150. The van der Waals surface area contributed by atoms with Crippen molar-refractivity contribution in [1.29, 1.82) is 0 Å². The van der Waals surface area contributed by atoms with Crippen molar-refractivity contribution >= 4 is 17.4 Å². The molecule has 0 saturated carbocycles. The smallest absolute Gasteiger partial charge is 0.274 e. The molecule has 1 atom stereocenters. The topological polar surface area (TPSA) is 68.2 Å². The maximum absolute atomic E-state index is 13.2. The summed E-state index contributed by atoms with van der Waals surface area (Å²) in [4.78, 5) is 38.6. The Morgan fingerprint density at radius 3 is 2.27 bits per heavy atom. The van der Waals surface area contributed by atoms with Gasteiger partial charge in [-0.2, -0.15) is 0 Å². The summed E-state index contributed by atoms with van der Waals surface area (Å²) in [6.45, 7) is 5.60. The maximum atomic E-state index is 13.2. The normalized spacial score (nSPS) is 11.7. The van der Waals surface area contributed by atoms with E-state index in [-0.39, 0.29) is 35.4 Å². The third kappa shape index (κ3) is 6.28. The fraction of sp³-hybridized carbons (Fsp3) is 0.321. The Balaban J connectivity index is 1.87. The van der Waals surface area contributed by atoms with Gasteiger partial charge in [0.1, 0.15) is 5.69 Å². The molecule has 1 aromatic heterocycles. The molecule has 1 heterocycles. The molecule has 0 aliphatic rings. The Labute approximate surface area is 195 Å². The van der Waals surface area contributed by atoms with Gasteiger partial charge >= 0.3 is 0 Å². The number of nitrogens with zero attached hydrogens (tertiary/aromatic N) is 1. The monoisotopic (exact) mass is 444 g/mol. The van der Waals surface area contributed by atoms with Crippen LogP contribution in [0, 0.1) is 12.8 Å². The first-order chi connectivity index (χ1) is 15.9. The molecule has 3 rings (SSSR count). The van der Waals surface area contributed by atoms with Gasteiger partial charge in [0.05, 0.1) is 6.54 Å². The Hall–Kier alpha value is -3.47. The van der Waals surface area contributed by atoms with Crippen LogP contribution in [0.2, 0.25) is 0 Å². The maximum Gasteiger partial charge on any atom is 0.274 e. The molecule has 5 heteroatoms. The molecule has 0 saturated heterocycles. The van der Waals surface area contributed by atoms with E-state index >= 15 is 0 Å². The molecule has 172 valence electrons. The Kier molecular flexibility index (Phi) is 8.36. The molecular weight excluding hydrogens is 412 g/mol. The fourth-order valence-corrected chi connectivity index (χ4v) is 3.77. The summed E-state index contributed by atoms with van der Waals surface area (Å²) in [6.07, 6.45) is 2.62. The van der Waals surface area contributed by atoms with Gasteiger partial charge in [-0.15, -0.1) is 0 Å². The van der Waals surface area contributed by atoms with Gasteiger partial charge in [-0.1, -0.05) is 74.5 Å². The summed E-state index contributed by atoms with van der Waals surface area (Å²) in [6, 6.07) is 21.5. The first kappa shape index (κ1) is 24.2. The van der Waals surface area contributed by atoms with Crippen molar-refractivity contribution in [3.8, 4) is 11.1 Å². The van der Waals surface area contributed by atoms with Crippen molar-refractivity contribution in [1.82, 2.24) is 4.57 Å². The van der Waals surface area contributed by atoms with Crippen molar-refractivity contribution in [3.63, 3.8) is 0 Å². The number of hydrogen-bond acceptors (Lipinski definition) is 3. The van der Waals surface area contributed by atoms with Crippen molar-refractivity contribution in [2.45, 2.75) is 53.0 Å². The molecule has 5 nitrogen and oxygen atoms in total. The van der Waals surface area contributed by atoms with Gasteiger partial charge in [0.25, 0.3) is 5.56 Å². The van der Waals surface area contributed by atoms with Gasteiger partial charge in [0.15, 0.2) is 5.78 Å². The lowest BCUT2D eigenvalue weighted by atomic mass is 10.0. The van der Waals surface area contributed by atoms with E-state index in [9.17, 15) is 14.4 Å². The molecular formula is C28H32N2O3. The zero-order valence-electron chi connectivity index (χ0n) is 19.6. The number of anilines is 1. The van der Waals surface area contributed by atoms with Gasteiger partial charge in [-0.25, -0.2) is 0 Å². The molecule has 1 amide bonds. The van der Waals surface area contributed by atoms with Crippen LogP contribution in [-0.4, -0.2) is 16.3 Å². The minimum atomic E-state index is -0.347. The second-order valence-electron chi connectivity index (χ2n) is 8.49. The lowest BCUT2D eigenvalue weighted by molar-refractivity contribution is -0.120. The van der Waals surface area contributed by atoms with E-state index in [2.05, 4.69) is 17.4 Å². The van der Waals surface area contributed by atoms with E-state index in [1.807, 2.05) is 69.3 Å². The van der Waals surface area contributed by atoms with Crippen LogP contribution in [0.4, 0.5) is 5.69 Å². The van der Waals surface area contributed by atoms with Crippen LogP contribution in [0.3, 0.4) is 0 Å². The van der Waals surface area contributed by atoms with E-state index in [4.69, 9.17) is 0 Å². The number of carbonyl (C=O) groups is 2. The molecule has 0 unspecified atom stereocenters. The van der Waals surface area contributed by atoms with E-state index in [1.54, 1.807) is 6.07 Å². The number of pyridine rings is 1. The number of aromatic nitrogens is 1. The molecule has 0 fully saturated rings. The van der Waals surface area contributed by atoms with E-state index in [1.165, 1.54) is 10.1 Å². The fourth-order valence-electron chi connectivity index (χ4n) is 3.77. The summed E-state index contributed by atoms with van der Waals surface area (Å²) in [5, 5.41) is 2.79. The van der Waals surface area contributed by atoms with E-state index in [0.717, 1.165) is 24.0 Å². The zero-order valence-corrected chi connectivity index (χ0v) is 19.6. The minimum absolute atomic E-state index is 0.000505. The Morgan fingerprint density at radius 2 is 1.64 bits per heavy atom. The minimum Gasteiger partial charge on any atom is -0.321 e. The lowest BCUT2D eigenvalue weighted by Gasteiger charge is -2.18. The van der Waals surface area contributed by atoms with Crippen molar-refractivity contribution in [2.24, 2.45) is 5.92 Å². The first-order valence-corrected chi connectivity index (χ1v) is 11.6. The van der Waals surface area contributed by atoms with E-state index in [0.29, 0.717) is 18.5 Å². The molecule has 1 N–H and O–H groups in total. The van der Waals surface area contributed by atoms with Crippen LogP contribution >= 0.6 is 0 Å². The van der Waals surface area contributed by atoms with Crippen LogP contribution in [0.15, 0.2) is 71.5 Å². The average Bonchev–Trinajstić information content (AvgIpc) is 2.84. The van der Waals surface area contributed by atoms with Gasteiger partial charge < -0.3 is 9.88 Å². The number of amides is 1. The molecule has 0 radical (unpaired) electrons. The largest absolute Gasteiger partial charge is 0.321 e. The zero-order chi connectivity index (χ0) is 23.8. The predicted octanol–water partition coefficient (Wildman–Crippen LogP) is 5.40. The third-order valence-electron chi connectivity index (χ3n) is 6.06. The standard InChI is InChI=1S/C28H32N2O3/c1-4-20(2)27(32)29-26-18-25(23-15-9-6-10-16-23)21(3)30(28(26)33)19-24(31)17-11-14-22-12-7-5-8-13-22/h5-10,12-13,15-16,18,20H,4,11,14,17,19H2,1-3H3,(H,29,32)/t20-/m1/s1. The van der Waals surface area contributed by atoms with Crippen LogP contribution in [0.5, 0.6) is 0 Å². The number of nitrogens with one attached hydrogen (secondary N) is 1. The first-order valence-electron chi connectivity index (χ1n) is 11.6. The van der Waals surface area contributed by atoms with Crippen LogP contribution in [0.25, 0.3) is 11.1 Å². The van der Waals surface area contributed by atoms with Crippen molar-refractivity contribution < 1.29 is 9.59 Å². The molecule has 0 bridgehead atoms. The summed E-state index contributed by atoms with van der Waals surface area (Å²) in [7, 11) is 0. The molecule has 0 aliphatic carbocycles. The molecule has 0 aliphatic heterocycles. The van der Waals surface area contributed by atoms with Crippen molar-refractivity contribution in [3.05, 3.63) is 88.3 Å². The number of aryl methyl sites for hydroxylation is 1. The second-order valence-corrected chi connectivity index (χ2v) is 8.49. The number of benzene rings is 2. The number of Topliss-reactive ketones (excluding diaryl/α,β-unsaturated/α-hetero) is 1. The second kappa shape index (κ2) is 11.4.